The molecule has 3 aromatic carbocycles. The number of halogens is 4. The Hall–Kier alpha value is -4.28. The van der Waals surface area contributed by atoms with E-state index in [1.54, 1.807) is 0 Å². The van der Waals surface area contributed by atoms with Gasteiger partial charge in [-0.1, -0.05) is 6.07 Å². The Kier molecular flexibility index (Phi) is 6.94. The molecule has 0 aromatic heterocycles. The van der Waals surface area contributed by atoms with E-state index in [2.05, 4.69) is 5.32 Å². The van der Waals surface area contributed by atoms with E-state index in [9.17, 15) is 27.2 Å². The minimum absolute atomic E-state index is 0.0227. The molecule has 3 N–H and O–H groups in total. The van der Waals surface area contributed by atoms with E-state index in [1.165, 1.54) is 38.5 Å². The monoisotopic (exact) mass is 478 g/mol. The SMILES string of the molecule is COc1ccc(Oc2cccc(C(F)(F)F)c2C(=O)Nc2ccc(F)c(C(N)=O)c2)c(OC)c1. The van der Waals surface area contributed by atoms with Crippen LogP contribution in [0.25, 0.3) is 0 Å². The van der Waals surface area contributed by atoms with Crippen LogP contribution in [0.15, 0.2) is 54.6 Å². The van der Waals surface area contributed by atoms with Gasteiger partial charge in [-0.3, -0.25) is 9.59 Å². The van der Waals surface area contributed by atoms with Crippen LogP contribution in [0.2, 0.25) is 0 Å². The Labute approximate surface area is 191 Å². The van der Waals surface area contributed by atoms with Crippen molar-refractivity contribution in [2.75, 3.05) is 19.5 Å². The van der Waals surface area contributed by atoms with Gasteiger partial charge in [-0.05, 0) is 42.5 Å². The number of hydrogen-bond acceptors (Lipinski definition) is 5. The number of amides is 2. The highest BCUT2D eigenvalue weighted by Gasteiger charge is 2.37. The molecular weight excluding hydrogens is 460 g/mol. The molecule has 0 bridgehead atoms. The summed E-state index contributed by atoms with van der Waals surface area (Å²) in [7, 11) is 2.75. The number of nitrogens with two attached hydrogens (primary N) is 1. The van der Waals surface area contributed by atoms with Crippen molar-refractivity contribution in [3.8, 4) is 23.0 Å². The van der Waals surface area contributed by atoms with Crippen LogP contribution < -0.4 is 25.3 Å². The van der Waals surface area contributed by atoms with Gasteiger partial charge in [0.15, 0.2) is 11.5 Å². The first-order valence-corrected chi connectivity index (χ1v) is 9.56. The molecule has 0 saturated heterocycles. The lowest BCUT2D eigenvalue weighted by atomic mass is 10.0. The summed E-state index contributed by atoms with van der Waals surface area (Å²) in [4.78, 5) is 24.3. The van der Waals surface area contributed by atoms with Crippen LogP contribution in [0, 0.1) is 5.82 Å². The zero-order valence-electron chi connectivity index (χ0n) is 17.8. The lowest BCUT2D eigenvalue weighted by molar-refractivity contribution is -0.138. The van der Waals surface area contributed by atoms with E-state index in [0.717, 1.165) is 24.3 Å². The van der Waals surface area contributed by atoms with Crippen molar-refractivity contribution in [1.82, 2.24) is 0 Å². The summed E-state index contributed by atoms with van der Waals surface area (Å²) in [5.74, 6) is -3.11. The molecule has 34 heavy (non-hydrogen) atoms. The van der Waals surface area contributed by atoms with Crippen LogP contribution in [-0.2, 0) is 6.18 Å². The molecule has 0 saturated carbocycles. The third-order valence-electron chi connectivity index (χ3n) is 4.64. The summed E-state index contributed by atoms with van der Waals surface area (Å²) in [5.41, 5.74) is 2.29. The number of anilines is 1. The largest absolute Gasteiger partial charge is 0.497 e. The molecule has 0 aliphatic heterocycles. The maximum absolute atomic E-state index is 13.7. The van der Waals surface area contributed by atoms with Crippen LogP contribution >= 0.6 is 0 Å². The summed E-state index contributed by atoms with van der Waals surface area (Å²) >= 11 is 0. The van der Waals surface area contributed by atoms with Gasteiger partial charge in [0.2, 0.25) is 0 Å². The number of carbonyl (C=O) groups excluding carboxylic acids is 2. The molecule has 11 heteroatoms. The molecule has 0 unspecified atom stereocenters. The Morgan fingerprint density at radius 3 is 2.26 bits per heavy atom. The van der Waals surface area contributed by atoms with Crippen LogP contribution in [0.3, 0.4) is 0 Å². The van der Waals surface area contributed by atoms with Gasteiger partial charge < -0.3 is 25.3 Å². The van der Waals surface area contributed by atoms with Crippen molar-refractivity contribution < 1.29 is 41.4 Å². The van der Waals surface area contributed by atoms with Crippen LogP contribution in [-0.4, -0.2) is 26.0 Å². The van der Waals surface area contributed by atoms with Crippen molar-refractivity contribution in [2.45, 2.75) is 6.18 Å². The molecule has 0 fully saturated rings. The Bertz CT molecular complexity index is 1240. The van der Waals surface area contributed by atoms with E-state index in [0.29, 0.717) is 11.8 Å². The lowest BCUT2D eigenvalue weighted by Gasteiger charge is -2.18. The normalized spacial score (nSPS) is 11.0. The van der Waals surface area contributed by atoms with Crippen LogP contribution in [0.4, 0.5) is 23.2 Å². The number of rotatable bonds is 7. The van der Waals surface area contributed by atoms with Gasteiger partial charge in [-0.25, -0.2) is 4.39 Å². The van der Waals surface area contributed by atoms with Crippen molar-refractivity contribution in [3.63, 3.8) is 0 Å². The Balaban J connectivity index is 2.07. The predicted octanol–water partition coefficient (Wildman–Crippen LogP) is 5.01. The molecule has 0 aliphatic rings. The highest BCUT2D eigenvalue weighted by Crippen LogP contribution is 2.40. The van der Waals surface area contributed by atoms with Crippen molar-refractivity contribution in [2.24, 2.45) is 5.73 Å². The van der Waals surface area contributed by atoms with Crippen molar-refractivity contribution in [3.05, 3.63) is 77.1 Å². The van der Waals surface area contributed by atoms with Gasteiger partial charge in [0.25, 0.3) is 11.8 Å². The Morgan fingerprint density at radius 1 is 0.912 bits per heavy atom. The average Bonchev–Trinajstić information content (AvgIpc) is 2.79. The van der Waals surface area contributed by atoms with Gasteiger partial charge in [0.05, 0.1) is 30.9 Å². The molecule has 0 atom stereocenters. The number of nitrogens with one attached hydrogen (secondary N) is 1. The number of carbonyl (C=O) groups is 2. The minimum Gasteiger partial charge on any atom is -0.497 e. The van der Waals surface area contributed by atoms with E-state index in [1.807, 2.05) is 0 Å². The highest BCUT2D eigenvalue weighted by molar-refractivity contribution is 6.08. The molecule has 0 aliphatic carbocycles. The first-order valence-electron chi connectivity index (χ1n) is 9.56. The van der Waals surface area contributed by atoms with Crippen molar-refractivity contribution in [1.29, 1.82) is 0 Å². The van der Waals surface area contributed by atoms with Crippen LogP contribution in [0.5, 0.6) is 23.0 Å². The lowest BCUT2D eigenvalue weighted by Crippen LogP contribution is -2.20. The topological polar surface area (TPSA) is 99.9 Å². The van der Waals surface area contributed by atoms with Gasteiger partial charge in [-0.2, -0.15) is 13.2 Å². The Morgan fingerprint density at radius 2 is 1.65 bits per heavy atom. The molecule has 7 nitrogen and oxygen atoms in total. The maximum Gasteiger partial charge on any atom is 0.417 e. The van der Waals surface area contributed by atoms with E-state index in [-0.39, 0.29) is 17.2 Å². The second-order valence-electron chi connectivity index (χ2n) is 6.81. The number of primary amides is 1. The fourth-order valence-electron chi connectivity index (χ4n) is 3.05. The summed E-state index contributed by atoms with van der Waals surface area (Å²) in [6.45, 7) is 0. The van der Waals surface area contributed by atoms with E-state index < -0.39 is 46.2 Å². The summed E-state index contributed by atoms with van der Waals surface area (Å²) in [5, 5.41) is 2.22. The fraction of sp³-hybridized carbons (Fsp3) is 0.130. The zero-order valence-corrected chi connectivity index (χ0v) is 17.8. The van der Waals surface area contributed by atoms with Gasteiger partial charge >= 0.3 is 6.18 Å². The van der Waals surface area contributed by atoms with Gasteiger partial charge in [0.1, 0.15) is 17.3 Å². The molecule has 0 spiro atoms. The molecule has 2 amide bonds. The predicted molar refractivity (Wildman–Crippen MR) is 114 cm³/mol. The fourth-order valence-corrected chi connectivity index (χ4v) is 3.05. The number of ether oxygens (including phenoxy) is 3. The average molecular weight is 478 g/mol. The van der Waals surface area contributed by atoms with Gasteiger partial charge in [-0.15, -0.1) is 0 Å². The first-order chi connectivity index (χ1) is 16.0. The van der Waals surface area contributed by atoms with E-state index in [4.69, 9.17) is 19.9 Å². The standard InChI is InChI=1S/C23H18F4N2O5/c1-32-13-7-9-17(19(11-13)33-2)34-18-5-3-4-15(23(25,26)27)20(18)22(31)29-12-6-8-16(24)14(10-12)21(28)30/h3-11H,1-2H3,(H2,28,30)(H,29,31). The quantitative estimate of drug-likeness (QED) is 0.466. The summed E-state index contributed by atoms with van der Waals surface area (Å²) in [6, 6.07) is 10.2. The second kappa shape index (κ2) is 9.69. The van der Waals surface area contributed by atoms with Crippen molar-refractivity contribution >= 4 is 17.5 Å². The summed E-state index contributed by atoms with van der Waals surface area (Å²) in [6.07, 6.45) is -4.91. The first kappa shape index (κ1) is 24.4. The molecule has 3 aromatic rings. The number of methoxy groups -OCH3 is 2. The smallest absolute Gasteiger partial charge is 0.417 e. The molecule has 0 radical (unpaired) electrons. The summed E-state index contributed by atoms with van der Waals surface area (Å²) < 4.78 is 70.9. The maximum atomic E-state index is 13.7. The highest BCUT2D eigenvalue weighted by atomic mass is 19.4. The molecule has 178 valence electrons. The number of alkyl halides is 3. The number of hydrogen-bond donors (Lipinski definition) is 2. The molecule has 0 heterocycles. The third kappa shape index (κ3) is 5.20. The third-order valence-corrected chi connectivity index (χ3v) is 4.64. The van der Waals surface area contributed by atoms with Crippen LogP contribution in [0.1, 0.15) is 26.3 Å². The zero-order chi connectivity index (χ0) is 25.0. The minimum atomic E-state index is -4.91. The number of benzene rings is 3. The second-order valence-corrected chi connectivity index (χ2v) is 6.81. The van der Waals surface area contributed by atoms with E-state index >= 15 is 0 Å². The molecule has 3 rings (SSSR count). The van der Waals surface area contributed by atoms with Gasteiger partial charge in [0, 0.05) is 11.8 Å². The molecular formula is C23H18F4N2O5.